The predicted molar refractivity (Wildman–Crippen MR) is 74.6 cm³/mol. The lowest BCUT2D eigenvalue weighted by Gasteiger charge is -2.36. The Bertz CT molecular complexity index is 380. The minimum Gasteiger partial charge on any atom is -0.314 e. The third kappa shape index (κ3) is 3.58. The molecule has 0 amide bonds. The smallest absolute Gasteiger partial charge is 0.0408 e. The van der Waals surface area contributed by atoms with Gasteiger partial charge in [-0.3, -0.25) is 0 Å². The van der Waals surface area contributed by atoms with E-state index in [1.165, 1.54) is 18.4 Å². The van der Waals surface area contributed by atoms with E-state index in [9.17, 15) is 0 Å². The SMILES string of the molecule is C/C=C/CCNC1CC(c2cccc(Cl)c2)C1. The van der Waals surface area contributed by atoms with Crippen molar-refractivity contribution >= 4 is 11.6 Å². The summed E-state index contributed by atoms with van der Waals surface area (Å²) in [4.78, 5) is 0. The van der Waals surface area contributed by atoms with Crippen molar-refractivity contribution in [3.63, 3.8) is 0 Å². The summed E-state index contributed by atoms with van der Waals surface area (Å²) in [6.45, 7) is 3.16. The molecule has 0 bridgehead atoms. The van der Waals surface area contributed by atoms with Crippen LogP contribution in [-0.4, -0.2) is 12.6 Å². The first-order chi connectivity index (χ1) is 8.29. The first kappa shape index (κ1) is 12.7. The summed E-state index contributed by atoms with van der Waals surface area (Å²) in [7, 11) is 0. The number of halogens is 1. The summed E-state index contributed by atoms with van der Waals surface area (Å²) in [5.41, 5.74) is 1.39. The maximum Gasteiger partial charge on any atom is 0.0408 e. The molecule has 0 radical (unpaired) electrons. The third-order valence-corrected chi connectivity index (χ3v) is 3.67. The molecule has 2 heteroatoms. The van der Waals surface area contributed by atoms with Crippen LogP contribution < -0.4 is 5.32 Å². The molecule has 17 heavy (non-hydrogen) atoms. The average molecular weight is 250 g/mol. The Morgan fingerprint density at radius 1 is 1.41 bits per heavy atom. The fourth-order valence-electron chi connectivity index (χ4n) is 2.35. The van der Waals surface area contributed by atoms with E-state index >= 15 is 0 Å². The molecule has 1 aromatic rings. The highest BCUT2D eigenvalue weighted by molar-refractivity contribution is 6.30. The highest BCUT2D eigenvalue weighted by Crippen LogP contribution is 2.37. The van der Waals surface area contributed by atoms with Crippen molar-refractivity contribution in [2.75, 3.05) is 6.54 Å². The molecule has 1 fully saturated rings. The van der Waals surface area contributed by atoms with Crippen LogP contribution in [0.1, 0.15) is 37.7 Å². The van der Waals surface area contributed by atoms with Gasteiger partial charge in [0.1, 0.15) is 0 Å². The fraction of sp³-hybridized carbons (Fsp3) is 0.467. The minimum absolute atomic E-state index is 0.698. The lowest BCUT2D eigenvalue weighted by molar-refractivity contribution is 0.293. The van der Waals surface area contributed by atoms with Crippen molar-refractivity contribution < 1.29 is 0 Å². The Morgan fingerprint density at radius 2 is 2.24 bits per heavy atom. The summed E-state index contributed by atoms with van der Waals surface area (Å²) in [5.74, 6) is 0.702. The predicted octanol–water partition coefficient (Wildman–Crippen LogP) is 4.14. The minimum atomic E-state index is 0.698. The van der Waals surface area contributed by atoms with Crippen LogP contribution in [-0.2, 0) is 0 Å². The summed E-state index contributed by atoms with van der Waals surface area (Å²) < 4.78 is 0. The number of benzene rings is 1. The molecule has 1 N–H and O–H groups in total. The third-order valence-electron chi connectivity index (χ3n) is 3.44. The van der Waals surface area contributed by atoms with Crippen molar-refractivity contribution in [3.8, 4) is 0 Å². The van der Waals surface area contributed by atoms with Gasteiger partial charge in [-0.2, -0.15) is 0 Å². The topological polar surface area (TPSA) is 12.0 Å². The molecular formula is C15H20ClN. The number of hydrogen-bond acceptors (Lipinski definition) is 1. The van der Waals surface area contributed by atoms with E-state index < -0.39 is 0 Å². The van der Waals surface area contributed by atoms with Gasteiger partial charge in [0.25, 0.3) is 0 Å². The zero-order chi connectivity index (χ0) is 12.1. The average Bonchev–Trinajstić information content (AvgIpc) is 2.26. The van der Waals surface area contributed by atoms with Crippen LogP contribution in [0.15, 0.2) is 36.4 Å². The van der Waals surface area contributed by atoms with E-state index in [-0.39, 0.29) is 0 Å². The van der Waals surface area contributed by atoms with Gasteiger partial charge in [-0.15, -0.1) is 0 Å². The first-order valence-electron chi connectivity index (χ1n) is 6.39. The van der Waals surface area contributed by atoms with Gasteiger partial charge in [-0.05, 0) is 56.3 Å². The van der Waals surface area contributed by atoms with Crippen LogP contribution in [0.2, 0.25) is 5.02 Å². The molecule has 1 aliphatic rings. The zero-order valence-electron chi connectivity index (χ0n) is 10.3. The molecule has 0 unspecified atom stereocenters. The summed E-state index contributed by atoms with van der Waals surface area (Å²) >= 11 is 6.00. The molecule has 0 heterocycles. The van der Waals surface area contributed by atoms with E-state index in [4.69, 9.17) is 11.6 Å². The van der Waals surface area contributed by atoms with Gasteiger partial charge in [-0.25, -0.2) is 0 Å². The largest absolute Gasteiger partial charge is 0.314 e. The Labute approximate surface area is 109 Å². The van der Waals surface area contributed by atoms with Crippen LogP contribution in [0.5, 0.6) is 0 Å². The van der Waals surface area contributed by atoms with Gasteiger partial charge < -0.3 is 5.32 Å². The molecule has 0 atom stereocenters. The van der Waals surface area contributed by atoms with Crippen LogP contribution in [0, 0.1) is 0 Å². The standard InChI is InChI=1S/C15H20ClN/c1-2-3-4-8-17-15-10-13(11-15)12-6-5-7-14(16)9-12/h2-3,5-7,9,13,15,17H,4,8,10-11H2,1H3/b3-2+. The van der Waals surface area contributed by atoms with Crippen LogP contribution in [0.3, 0.4) is 0 Å². The number of allylic oxidation sites excluding steroid dienone is 1. The van der Waals surface area contributed by atoms with Crippen molar-refractivity contribution in [1.29, 1.82) is 0 Å². The molecule has 92 valence electrons. The monoisotopic (exact) mass is 249 g/mol. The van der Waals surface area contributed by atoms with E-state index in [0.29, 0.717) is 12.0 Å². The number of hydrogen-bond donors (Lipinski definition) is 1. The normalized spacial score (nSPS) is 23.9. The zero-order valence-corrected chi connectivity index (χ0v) is 11.1. The summed E-state index contributed by atoms with van der Waals surface area (Å²) in [6.07, 6.45) is 7.94. The molecule has 1 aliphatic carbocycles. The molecule has 1 nitrogen and oxygen atoms in total. The quantitative estimate of drug-likeness (QED) is 0.611. The molecule has 0 spiro atoms. The summed E-state index contributed by atoms with van der Waals surface area (Å²) in [5, 5.41) is 4.44. The fourth-order valence-corrected chi connectivity index (χ4v) is 2.55. The van der Waals surface area contributed by atoms with E-state index in [2.05, 4.69) is 36.5 Å². The number of nitrogens with one attached hydrogen (secondary N) is 1. The second kappa shape index (κ2) is 6.23. The van der Waals surface area contributed by atoms with Crippen molar-refractivity contribution in [1.82, 2.24) is 5.32 Å². The molecular weight excluding hydrogens is 230 g/mol. The van der Waals surface area contributed by atoms with Crippen molar-refractivity contribution in [2.24, 2.45) is 0 Å². The highest BCUT2D eigenvalue weighted by atomic mass is 35.5. The Morgan fingerprint density at radius 3 is 2.94 bits per heavy atom. The summed E-state index contributed by atoms with van der Waals surface area (Å²) in [6, 6.07) is 8.97. The van der Waals surface area contributed by atoms with Gasteiger partial charge in [0.2, 0.25) is 0 Å². The molecule has 2 rings (SSSR count). The van der Waals surface area contributed by atoms with Crippen LogP contribution in [0.4, 0.5) is 0 Å². The lowest BCUT2D eigenvalue weighted by atomic mass is 9.76. The van der Waals surface area contributed by atoms with Gasteiger partial charge in [0.15, 0.2) is 0 Å². The van der Waals surface area contributed by atoms with E-state index in [0.717, 1.165) is 18.0 Å². The first-order valence-corrected chi connectivity index (χ1v) is 6.77. The van der Waals surface area contributed by atoms with Crippen molar-refractivity contribution in [2.45, 2.75) is 38.1 Å². The second-order valence-electron chi connectivity index (χ2n) is 4.73. The Kier molecular flexibility index (Phi) is 4.64. The van der Waals surface area contributed by atoms with Gasteiger partial charge >= 0.3 is 0 Å². The molecule has 0 aliphatic heterocycles. The Balaban J connectivity index is 1.72. The van der Waals surface area contributed by atoms with Gasteiger partial charge in [0.05, 0.1) is 0 Å². The molecule has 1 saturated carbocycles. The highest BCUT2D eigenvalue weighted by Gasteiger charge is 2.29. The number of rotatable bonds is 5. The molecule has 0 aromatic heterocycles. The van der Waals surface area contributed by atoms with Gasteiger partial charge in [-0.1, -0.05) is 35.9 Å². The molecule has 0 saturated heterocycles. The van der Waals surface area contributed by atoms with Crippen LogP contribution in [0.25, 0.3) is 0 Å². The Hall–Kier alpha value is -0.790. The lowest BCUT2D eigenvalue weighted by Crippen LogP contribution is -2.40. The molecule has 1 aromatic carbocycles. The van der Waals surface area contributed by atoms with E-state index in [1.807, 2.05) is 12.1 Å². The maximum absolute atomic E-state index is 6.00. The van der Waals surface area contributed by atoms with Crippen LogP contribution >= 0.6 is 11.6 Å². The van der Waals surface area contributed by atoms with Gasteiger partial charge in [0, 0.05) is 11.1 Å². The maximum atomic E-state index is 6.00. The second-order valence-corrected chi connectivity index (χ2v) is 5.17. The van der Waals surface area contributed by atoms with Crippen molar-refractivity contribution in [3.05, 3.63) is 47.0 Å². The van der Waals surface area contributed by atoms with E-state index in [1.54, 1.807) is 0 Å².